The monoisotopic (exact) mass is 238 g/mol. The SMILES string of the molecule is [B]C1O[C@@H](COC)C(OP(C)(=O)O)[C@H]1F. The second kappa shape index (κ2) is 4.93. The van der Waals surface area contributed by atoms with E-state index in [0.717, 1.165) is 6.66 Å². The summed E-state index contributed by atoms with van der Waals surface area (Å²) in [5.41, 5.74) is 0. The van der Waals surface area contributed by atoms with Gasteiger partial charge in [-0.1, -0.05) is 0 Å². The third-order valence-electron chi connectivity index (χ3n) is 1.97. The maximum Gasteiger partial charge on any atom is 0.325 e. The Labute approximate surface area is 88.8 Å². The molecule has 1 N–H and O–H groups in total. The van der Waals surface area contributed by atoms with Crippen LogP contribution in [0.5, 0.6) is 0 Å². The first-order valence-electron chi connectivity index (χ1n) is 4.38. The lowest BCUT2D eigenvalue weighted by molar-refractivity contribution is -0.0131. The van der Waals surface area contributed by atoms with Crippen molar-refractivity contribution in [3.05, 3.63) is 0 Å². The fourth-order valence-electron chi connectivity index (χ4n) is 1.40. The number of rotatable bonds is 4. The molecule has 5 nitrogen and oxygen atoms in total. The number of alkyl halides is 1. The second-order valence-corrected chi connectivity index (χ2v) is 5.23. The van der Waals surface area contributed by atoms with Gasteiger partial charge in [0, 0.05) is 13.8 Å². The van der Waals surface area contributed by atoms with E-state index >= 15 is 0 Å². The number of hydrogen-bond donors (Lipinski definition) is 1. The van der Waals surface area contributed by atoms with Crippen molar-refractivity contribution in [1.82, 2.24) is 0 Å². The Balaban J connectivity index is 2.68. The summed E-state index contributed by atoms with van der Waals surface area (Å²) in [4.78, 5) is 9.00. The van der Waals surface area contributed by atoms with E-state index in [4.69, 9.17) is 26.7 Å². The van der Waals surface area contributed by atoms with Crippen molar-refractivity contribution in [2.24, 2.45) is 0 Å². The molecule has 1 aliphatic heterocycles. The van der Waals surface area contributed by atoms with Crippen LogP contribution in [0.1, 0.15) is 0 Å². The Morgan fingerprint density at radius 2 is 2.27 bits per heavy atom. The van der Waals surface area contributed by atoms with E-state index in [-0.39, 0.29) is 6.61 Å². The quantitative estimate of drug-likeness (QED) is 0.554. The van der Waals surface area contributed by atoms with Crippen LogP contribution in [-0.2, 0) is 18.6 Å². The van der Waals surface area contributed by atoms with Crippen LogP contribution < -0.4 is 0 Å². The predicted octanol–water partition coefficient (Wildman–Crippen LogP) is 0.0647. The van der Waals surface area contributed by atoms with Crippen LogP contribution in [0.4, 0.5) is 4.39 Å². The van der Waals surface area contributed by atoms with Gasteiger partial charge in [-0.2, -0.15) is 0 Å². The molecule has 0 saturated carbocycles. The molecule has 1 saturated heterocycles. The van der Waals surface area contributed by atoms with Gasteiger partial charge in [-0.3, -0.25) is 9.09 Å². The molecule has 0 aromatic carbocycles. The highest BCUT2D eigenvalue weighted by molar-refractivity contribution is 7.51. The van der Waals surface area contributed by atoms with Gasteiger partial charge in [0.15, 0.2) is 0 Å². The molecule has 8 heteroatoms. The van der Waals surface area contributed by atoms with E-state index in [1.54, 1.807) is 0 Å². The van der Waals surface area contributed by atoms with Gasteiger partial charge >= 0.3 is 7.60 Å². The lowest BCUT2D eigenvalue weighted by Crippen LogP contribution is -2.33. The van der Waals surface area contributed by atoms with Crippen LogP contribution in [-0.4, -0.2) is 57.5 Å². The molecule has 0 amide bonds. The van der Waals surface area contributed by atoms with E-state index in [1.807, 2.05) is 0 Å². The maximum absolute atomic E-state index is 13.4. The van der Waals surface area contributed by atoms with Gasteiger partial charge < -0.3 is 14.4 Å². The van der Waals surface area contributed by atoms with E-state index in [0.29, 0.717) is 0 Å². The molecule has 0 aromatic heterocycles. The molecular formula is C7H13BFO5P. The normalized spacial score (nSPS) is 40.3. The molecule has 1 fully saturated rings. The van der Waals surface area contributed by atoms with Crippen molar-refractivity contribution in [3.63, 3.8) is 0 Å². The molecule has 1 aliphatic rings. The largest absolute Gasteiger partial charge is 0.382 e. The molecule has 1 heterocycles. The van der Waals surface area contributed by atoms with E-state index in [1.165, 1.54) is 7.11 Å². The van der Waals surface area contributed by atoms with Gasteiger partial charge in [-0.25, -0.2) is 4.39 Å². The molecule has 5 atom stereocenters. The topological polar surface area (TPSA) is 65.0 Å². The highest BCUT2D eigenvalue weighted by atomic mass is 31.2. The smallest absolute Gasteiger partial charge is 0.325 e. The van der Waals surface area contributed by atoms with Gasteiger partial charge in [-0.15, -0.1) is 0 Å². The van der Waals surface area contributed by atoms with Gasteiger partial charge in [-0.05, 0) is 0 Å². The summed E-state index contributed by atoms with van der Waals surface area (Å²) >= 11 is 0. The average Bonchev–Trinajstić information content (AvgIpc) is 2.32. The second-order valence-electron chi connectivity index (χ2n) is 3.41. The Bertz CT molecular complexity index is 260. The Morgan fingerprint density at radius 1 is 1.67 bits per heavy atom. The third kappa shape index (κ3) is 3.54. The Morgan fingerprint density at radius 3 is 2.73 bits per heavy atom. The molecule has 0 spiro atoms. The van der Waals surface area contributed by atoms with Crippen molar-refractivity contribution in [2.45, 2.75) is 24.4 Å². The van der Waals surface area contributed by atoms with Crippen LogP contribution in [0, 0.1) is 0 Å². The molecule has 0 bridgehead atoms. The first-order valence-corrected chi connectivity index (χ1v) is 6.40. The lowest BCUT2D eigenvalue weighted by atomic mass is 9.94. The standard InChI is InChI=1S/C7H13BFO5P/c1-12-3-4-6(14-15(2,10)11)5(9)7(8)13-4/h4-7H,3H2,1-2H3,(H,10,11)/t4-,5+,6?,7?/m0/s1. The fraction of sp³-hybridized carbons (Fsp3) is 1.00. The van der Waals surface area contributed by atoms with Gasteiger partial charge in [0.2, 0.25) is 0 Å². The maximum atomic E-state index is 13.4. The van der Waals surface area contributed by atoms with E-state index < -0.39 is 32.0 Å². The van der Waals surface area contributed by atoms with Crippen molar-refractivity contribution < 1.29 is 27.8 Å². The minimum absolute atomic E-state index is 0.0544. The third-order valence-corrected chi connectivity index (χ3v) is 2.61. The van der Waals surface area contributed by atoms with E-state index in [9.17, 15) is 8.96 Å². The van der Waals surface area contributed by atoms with Gasteiger partial charge in [0.1, 0.15) is 26.2 Å². The fourth-order valence-corrected chi connectivity index (χ4v) is 2.10. The summed E-state index contributed by atoms with van der Waals surface area (Å²) < 4.78 is 38.9. The highest BCUT2D eigenvalue weighted by Crippen LogP contribution is 2.42. The van der Waals surface area contributed by atoms with Gasteiger partial charge in [0.05, 0.1) is 12.6 Å². The number of hydrogen-bond acceptors (Lipinski definition) is 4. The first-order chi connectivity index (χ1) is 6.85. The summed E-state index contributed by atoms with van der Waals surface area (Å²) in [6.07, 6.45) is -3.56. The van der Waals surface area contributed by atoms with E-state index in [2.05, 4.69) is 0 Å². The van der Waals surface area contributed by atoms with Crippen molar-refractivity contribution in [3.8, 4) is 0 Å². The number of halogens is 1. The Kier molecular flexibility index (Phi) is 4.32. The van der Waals surface area contributed by atoms with Gasteiger partial charge in [0.25, 0.3) is 0 Å². The zero-order chi connectivity index (χ0) is 11.6. The number of methoxy groups -OCH3 is 1. The average molecular weight is 238 g/mol. The molecule has 86 valence electrons. The van der Waals surface area contributed by atoms with Crippen molar-refractivity contribution in [2.75, 3.05) is 20.4 Å². The highest BCUT2D eigenvalue weighted by Gasteiger charge is 2.45. The minimum atomic E-state index is -3.77. The predicted molar refractivity (Wildman–Crippen MR) is 51.8 cm³/mol. The minimum Gasteiger partial charge on any atom is -0.382 e. The molecular weight excluding hydrogens is 225 g/mol. The zero-order valence-electron chi connectivity index (χ0n) is 8.50. The van der Waals surface area contributed by atoms with Crippen molar-refractivity contribution in [1.29, 1.82) is 0 Å². The number of ether oxygens (including phenoxy) is 2. The summed E-state index contributed by atoms with van der Waals surface area (Å²) in [5.74, 6) is 0. The zero-order valence-corrected chi connectivity index (χ0v) is 9.39. The summed E-state index contributed by atoms with van der Waals surface area (Å²) in [7, 11) is 2.94. The van der Waals surface area contributed by atoms with Crippen molar-refractivity contribution >= 4 is 15.4 Å². The Hall–Kier alpha value is 0.0649. The van der Waals surface area contributed by atoms with Crippen LogP contribution in [0.2, 0.25) is 0 Å². The summed E-state index contributed by atoms with van der Waals surface area (Å²) in [6, 6.07) is -1.15. The summed E-state index contributed by atoms with van der Waals surface area (Å²) in [5, 5.41) is 0. The molecule has 0 aromatic rings. The van der Waals surface area contributed by atoms with Crippen LogP contribution in [0.15, 0.2) is 0 Å². The molecule has 3 unspecified atom stereocenters. The first kappa shape index (κ1) is 13.1. The molecule has 2 radical (unpaired) electrons. The molecule has 15 heavy (non-hydrogen) atoms. The van der Waals surface area contributed by atoms with Crippen LogP contribution >= 0.6 is 7.60 Å². The lowest BCUT2D eigenvalue weighted by Gasteiger charge is -2.20. The van der Waals surface area contributed by atoms with Crippen LogP contribution in [0.3, 0.4) is 0 Å². The summed E-state index contributed by atoms with van der Waals surface area (Å²) in [6.45, 7) is 1.03. The molecule has 1 rings (SSSR count). The molecule has 0 aliphatic carbocycles. The van der Waals surface area contributed by atoms with Crippen LogP contribution in [0.25, 0.3) is 0 Å².